The van der Waals surface area contributed by atoms with Crippen molar-refractivity contribution < 1.29 is 14.3 Å². The lowest BCUT2D eigenvalue weighted by molar-refractivity contribution is 0.185. The summed E-state index contributed by atoms with van der Waals surface area (Å²) in [5, 5.41) is 12.5. The van der Waals surface area contributed by atoms with Gasteiger partial charge in [-0.3, -0.25) is 0 Å². The molecule has 2 aromatic rings. The Kier molecular flexibility index (Phi) is 6.50. The van der Waals surface area contributed by atoms with Gasteiger partial charge in [-0.1, -0.05) is 29.8 Å². The van der Waals surface area contributed by atoms with Crippen molar-refractivity contribution in [3.05, 3.63) is 58.5 Å². The molecule has 2 amide bonds. The Morgan fingerprint density at radius 3 is 2.74 bits per heavy atom. The summed E-state index contributed by atoms with van der Waals surface area (Å²) in [6.45, 7) is 3.05. The fraction of sp³-hybridized carbons (Fsp3) is 0.353. The van der Waals surface area contributed by atoms with Gasteiger partial charge in [0.1, 0.15) is 11.5 Å². The quantitative estimate of drug-likeness (QED) is 0.815. The lowest BCUT2D eigenvalue weighted by Gasteiger charge is -2.23. The van der Waals surface area contributed by atoms with Gasteiger partial charge in [-0.15, -0.1) is 0 Å². The molecule has 23 heavy (non-hydrogen) atoms. The molecule has 0 saturated carbocycles. The van der Waals surface area contributed by atoms with Gasteiger partial charge in [0.25, 0.3) is 0 Å². The van der Waals surface area contributed by atoms with Gasteiger partial charge in [0.2, 0.25) is 0 Å². The van der Waals surface area contributed by atoms with Crippen LogP contribution in [0.1, 0.15) is 23.5 Å². The number of urea groups is 1. The van der Waals surface area contributed by atoms with Crippen LogP contribution in [0.4, 0.5) is 4.79 Å². The first-order valence-electron chi connectivity index (χ1n) is 7.52. The smallest absolute Gasteiger partial charge is 0.318 e. The van der Waals surface area contributed by atoms with E-state index in [0.717, 1.165) is 11.3 Å². The number of carbonyl (C=O) groups is 1. The number of aliphatic hydroxyl groups is 1. The van der Waals surface area contributed by atoms with Gasteiger partial charge in [0.05, 0.1) is 6.54 Å². The summed E-state index contributed by atoms with van der Waals surface area (Å²) in [5.41, 5.74) is 0.871. The van der Waals surface area contributed by atoms with E-state index < -0.39 is 0 Å². The van der Waals surface area contributed by atoms with Crippen molar-refractivity contribution in [2.75, 3.05) is 13.2 Å². The number of halogens is 1. The Labute approximate surface area is 140 Å². The van der Waals surface area contributed by atoms with Gasteiger partial charge in [-0.2, -0.15) is 0 Å². The summed E-state index contributed by atoms with van der Waals surface area (Å²) in [4.78, 5) is 14.0. The number of carbonyl (C=O) groups excluding carboxylic acids is 1. The fourth-order valence-electron chi connectivity index (χ4n) is 2.20. The molecule has 0 saturated heterocycles. The van der Waals surface area contributed by atoms with E-state index >= 15 is 0 Å². The number of aryl methyl sites for hydroxylation is 1. The van der Waals surface area contributed by atoms with Crippen molar-refractivity contribution in [3.63, 3.8) is 0 Å². The third-order valence-corrected chi connectivity index (χ3v) is 3.77. The van der Waals surface area contributed by atoms with E-state index in [9.17, 15) is 4.79 Å². The maximum atomic E-state index is 12.4. The number of amides is 2. The van der Waals surface area contributed by atoms with Crippen LogP contribution in [-0.4, -0.2) is 29.2 Å². The van der Waals surface area contributed by atoms with E-state index in [0.29, 0.717) is 36.8 Å². The molecule has 2 rings (SSSR count). The molecule has 0 aliphatic carbocycles. The monoisotopic (exact) mass is 336 g/mol. The Hall–Kier alpha value is -1.98. The number of nitrogens with zero attached hydrogens (tertiary/aromatic N) is 1. The van der Waals surface area contributed by atoms with Gasteiger partial charge >= 0.3 is 6.03 Å². The Morgan fingerprint density at radius 2 is 2.09 bits per heavy atom. The summed E-state index contributed by atoms with van der Waals surface area (Å²) in [6, 6.07) is 10.9. The topological polar surface area (TPSA) is 65.7 Å². The van der Waals surface area contributed by atoms with Crippen LogP contribution in [0.15, 0.2) is 40.8 Å². The molecular weight excluding hydrogens is 316 g/mol. The van der Waals surface area contributed by atoms with Crippen molar-refractivity contribution in [1.82, 2.24) is 10.2 Å². The van der Waals surface area contributed by atoms with Crippen LogP contribution in [0.3, 0.4) is 0 Å². The molecule has 0 bridgehead atoms. The lowest BCUT2D eigenvalue weighted by Crippen LogP contribution is -2.40. The molecule has 0 aliphatic rings. The van der Waals surface area contributed by atoms with Crippen LogP contribution < -0.4 is 5.32 Å². The number of hydrogen-bond acceptors (Lipinski definition) is 3. The minimum atomic E-state index is -0.215. The largest absolute Gasteiger partial charge is 0.465 e. The minimum absolute atomic E-state index is 0.0314. The highest BCUT2D eigenvalue weighted by Crippen LogP contribution is 2.17. The number of hydrogen-bond donors (Lipinski definition) is 2. The molecule has 0 aliphatic heterocycles. The molecule has 124 valence electrons. The summed E-state index contributed by atoms with van der Waals surface area (Å²) in [5.74, 6) is 1.51. The zero-order valence-corrected chi connectivity index (χ0v) is 13.8. The maximum absolute atomic E-state index is 12.4. The molecule has 1 heterocycles. The molecule has 6 heteroatoms. The van der Waals surface area contributed by atoms with Crippen LogP contribution in [0.25, 0.3) is 0 Å². The molecule has 0 atom stereocenters. The van der Waals surface area contributed by atoms with E-state index in [1.54, 1.807) is 11.0 Å². The minimum Gasteiger partial charge on any atom is -0.465 e. The third kappa shape index (κ3) is 5.30. The second-order valence-corrected chi connectivity index (χ2v) is 5.67. The normalized spacial score (nSPS) is 10.6. The zero-order valence-electron chi connectivity index (χ0n) is 13.1. The molecule has 1 aromatic heterocycles. The van der Waals surface area contributed by atoms with E-state index in [4.69, 9.17) is 21.1 Å². The summed E-state index contributed by atoms with van der Waals surface area (Å²) in [6.07, 6.45) is 0.512. The number of rotatable bonds is 7. The SMILES string of the molecule is Cc1ccc(CNC(=O)N(CCCO)Cc2ccccc2Cl)o1. The highest BCUT2D eigenvalue weighted by Gasteiger charge is 2.15. The van der Waals surface area contributed by atoms with Crippen molar-refractivity contribution in [2.45, 2.75) is 26.4 Å². The highest BCUT2D eigenvalue weighted by atomic mass is 35.5. The van der Waals surface area contributed by atoms with E-state index in [2.05, 4.69) is 5.32 Å². The second kappa shape index (κ2) is 8.60. The predicted molar refractivity (Wildman–Crippen MR) is 89.2 cm³/mol. The van der Waals surface area contributed by atoms with Gasteiger partial charge in [0.15, 0.2) is 0 Å². The van der Waals surface area contributed by atoms with Crippen LogP contribution in [0, 0.1) is 6.92 Å². The van der Waals surface area contributed by atoms with Crippen molar-refractivity contribution in [2.24, 2.45) is 0 Å². The number of furan rings is 1. The molecular formula is C17H21ClN2O3. The molecule has 5 nitrogen and oxygen atoms in total. The Bertz CT molecular complexity index is 642. The van der Waals surface area contributed by atoms with Crippen LogP contribution in [0.2, 0.25) is 5.02 Å². The Morgan fingerprint density at radius 1 is 1.30 bits per heavy atom. The van der Waals surface area contributed by atoms with E-state index in [-0.39, 0.29) is 12.6 Å². The molecule has 0 unspecified atom stereocenters. The Balaban J connectivity index is 1.98. The van der Waals surface area contributed by atoms with Gasteiger partial charge in [-0.05, 0) is 37.1 Å². The van der Waals surface area contributed by atoms with Crippen molar-refractivity contribution in [1.29, 1.82) is 0 Å². The average Bonchev–Trinajstić information content (AvgIpc) is 2.96. The first-order chi connectivity index (χ1) is 11.1. The third-order valence-electron chi connectivity index (χ3n) is 3.40. The summed E-state index contributed by atoms with van der Waals surface area (Å²) >= 11 is 6.16. The first-order valence-corrected chi connectivity index (χ1v) is 7.90. The van der Waals surface area contributed by atoms with Crippen LogP contribution in [0.5, 0.6) is 0 Å². The molecule has 0 radical (unpaired) electrons. The van der Waals surface area contributed by atoms with Gasteiger partial charge < -0.3 is 19.7 Å². The van der Waals surface area contributed by atoms with Gasteiger partial charge in [-0.25, -0.2) is 4.79 Å². The molecule has 2 N–H and O–H groups in total. The van der Waals surface area contributed by atoms with E-state index in [1.807, 2.05) is 37.3 Å². The standard InChI is InChI=1S/C17H21ClN2O3/c1-13-7-8-15(23-13)11-19-17(22)20(9-4-10-21)12-14-5-2-3-6-16(14)18/h2-3,5-8,21H,4,9-12H2,1H3,(H,19,22). The molecule has 0 fully saturated rings. The fourth-order valence-corrected chi connectivity index (χ4v) is 2.40. The average molecular weight is 337 g/mol. The molecule has 0 spiro atoms. The van der Waals surface area contributed by atoms with Crippen LogP contribution in [-0.2, 0) is 13.1 Å². The highest BCUT2D eigenvalue weighted by molar-refractivity contribution is 6.31. The zero-order chi connectivity index (χ0) is 16.7. The second-order valence-electron chi connectivity index (χ2n) is 5.26. The predicted octanol–water partition coefficient (Wildman–Crippen LogP) is 3.34. The number of aliphatic hydroxyl groups excluding tert-OH is 1. The number of nitrogens with one attached hydrogen (secondary N) is 1. The van der Waals surface area contributed by atoms with Gasteiger partial charge in [0, 0.05) is 24.7 Å². The van der Waals surface area contributed by atoms with Crippen molar-refractivity contribution in [3.8, 4) is 0 Å². The molecule has 1 aromatic carbocycles. The summed E-state index contributed by atoms with van der Waals surface area (Å²) < 4.78 is 5.44. The first kappa shape index (κ1) is 17.4. The van der Waals surface area contributed by atoms with Crippen molar-refractivity contribution >= 4 is 17.6 Å². The lowest BCUT2D eigenvalue weighted by atomic mass is 10.2. The summed E-state index contributed by atoms with van der Waals surface area (Å²) in [7, 11) is 0. The van der Waals surface area contributed by atoms with E-state index in [1.165, 1.54) is 0 Å². The van der Waals surface area contributed by atoms with Crippen LogP contribution >= 0.6 is 11.6 Å². The maximum Gasteiger partial charge on any atom is 0.318 e. The number of benzene rings is 1.